The number of aromatic nitrogens is 1. The van der Waals surface area contributed by atoms with Crippen LogP contribution in [0.25, 0.3) is 17.0 Å². The first-order valence-electron chi connectivity index (χ1n) is 8.22. The molecule has 0 saturated carbocycles. The molecule has 2 amide bonds. The van der Waals surface area contributed by atoms with E-state index in [1.54, 1.807) is 24.3 Å². The number of nitrogens with zero attached hydrogens (tertiary/aromatic N) is 2. The minimum absolute atomic E-state index is 0.302. The smallest absolute Gasteiger partial charge is 0.285 e. The Balaban J connectivity index is 1.61. The highest BCUT2D eigenvalue weighted by atomic mass is 32.2. The second-order valence-electron chi connectivity index (χ2n) is 6.04. The maximum absolute atomic E-state index is 12.8. The summed E-state index contributed by atoms with van der Waals surface area (Å²) in [6.07, 6.45) is 3.79. The zero-order valence-corrected chi connectivity index (χ0v) is 16.0. The van der Waals surface area contributed by atoms with Crippen molar-refractivity contribution in [3.8, 4) is 0 Å². The van der Waals surface area contributed by atoms with E-state index in [0.717, 1.165) is 21.5 Å². The average Bonchev–Trinajstić information content (AvgIpc) is 3.14. The standard InChI is InChI=1S/C20H15N3O2S2/c1-22-12-14(15-9-5-6-10-16(15)22)11-17-19(25)23(20(26)27-17)21-18(24)13-7-3-2-4-8-13/h2-12H,1H3,(H,21,24)/b17-11+. The topological polar surface area (TPSA) is 54.3 Å². The number of para-hydroxylation sites is 1. The van der Waals surface area contributed by atoms with E-state index in [1.807, 2.05) is 54.2 Å². The van der Waals surface area contributed by atoms with Gasteiger partial charge in [-0.3, -0.25) is 15.0 Å². The summed E-state index contributed by atoms with van der Waals surface area (Å²) in [7, 11) is 1.96. The molecule has 1 N–H and O–H groups in total. The Bertz CT molecular complexity index is 1100. The zero-order valence-electron chi connectivity index (χ0n) is 14.4. The van der Waals surface area contributed by atoms with Crippen LogP contribution in [0, 0.1) is 0 Å². The number of fused-ring (bicyclic) bond motifs is 1. The largest absolute Gasteiger partial charge is 0.350 e. The molecule has 134 valence electrons. The molecule has 3 aromatic rings. The SMILES string of the molecule is Cn1cc(/C=C2/SC(=S)N(NC(=O)c3ccccc3)C2=O)c2ccccc21. The number of thiocarbonyl (C=S) groups is 1. The van der Waals surface area contributed by atoms with Crippen LogP contribution in [0.5, 0.6) is 0 Å². The fraction of sp³-hybridized carbons (Fsp3) is 0.0500. The number of benzene rings is 2. The van der Waals surface area contributed by atoms with E-state index >= 15 is 0 Å². The lowest BCUT2D eigenvalue weighted by Gasteiger charge is -2.15. The molecule has 1 aliphatic rings. The second-order valence-corrected chi connectivity index (χ2v) is 7.71. The van der Waals surface area contributed by atoms with Gasteiger partial charge in [0.1, 0.15) is 0 Å². The van der Waals surface area contributed by atoms with Gasteiger partial charge in [0.05, 0.1) is 4.91 Å². The first-order chi connectivity index (χ1) is 13.0. The molecule has 0 unspecified atom stereocenters. The van der Waals surface area contributed by atoms with Gasteiger partial charge in [-0.2, -0.15) is 5.01 Å². The predicted molar refractivity (Wildman–Crippen MR) is 112 cm³/mol. The molecule has 2 aromatic carbocycles. The van der Waals surface area contributed by atoms with Gasteiger partial charge in [0.2, 0.25) is 0 Å². The first kappa shape index (κ1) is 17.5. The van der Waals surface area contributed by atoms with Crippen molar-refractivity contribution in [2.24, 2.45) is 7.05 Å². The van der Waals surface area contributed by atoms with Crippen LogP contribution < -0.4 is 5.43 Å². The summed E-state index contributed by atoms with van der Waals surface area (Å²) in [5.74, 6) is -0.708. The predicted octanol–water partition coefficient (Wildman–Crippen LogP) is 3.72. The molecule has 1 saturated heterocycles. The van der Waals surface area contributed by atoms with Crippen molar-refractivity contribution >= 4 is 57.1 Å². The van der Waals surface area contributed by atoms with Crippen molar-refractivity contribution in [3.05, 3.63) is 76.8 Å². The molecule has 1 aromatic heterocycles. The minimum atomic E-state index is -0.377. The monoisotopic (exact) mass is 393 g/mol. The van der Waals surface area contributed by atoms with Crippen molar-refractivity contribution in [2.75, 3.05) is 0 Å². The quantitative estimate of drug-likeness (QED) is 0.544. The molecule has 0 bridgehead atoms. The molecule has 0 atom stereocenters. The van der Waals surface area contributed by atoms with Gasteiger partial charge >= 0.3 is 0 Å². The minimum Gasteiger partial charge on any atom is -0.350 e. The molecule has 0 spiro atoms. The number of nitrogens with one attached hydrogen (secondary N) is 1. The van der Waals surface area contributed by atoms with Gasteiger partial charge in [-0.15, -0.1) is 0 Å². The third-order valence-electron chi connectivity index (χ3n) is 4.26. The van der Waals surface area contributed by atoms with Crippen LogP contribution in [0.2, 0.25) is 0 Å². The van der Waals surface area contributed by atoms with E-state index in [0.29, 0.717) is 14.8 Å². The molecule has 7 heteroatoms. The van der Waals surface area contributed by atoms with Crippen molar-refractivity contribution < 1.29 is 9.59 Å². The molecule has 5 nitrogen and oxygen atoms in total. The molecular formula is C20H15N3O2S2. The Morgan fingerprint density at radius 3 is 2.59 bits per heavy atom. The van der Waals surface area contributed by atoms with E-state index in [2.05, 4.69) is 5.43 Å². The van der Waals surface area contributed by atoms with Crippen LogP contribution in [0.1, 0.15) is 15.9 Å². The van der Waals surface area contributed by atoms with Gasteiger partial charge in [0, 0.05) is 35.3 Å². The fourth-order valence-electron chi connectivity index (χ4n) is 2.95. The number of aryl methyl sites for hydroxylation is 1. The lowest BCUT2D eigenvalue weighted by atomic mass is 10.1. The number of carbonyl (C=O) groups excluding carboxylic acids is 2. The van der Waals surface area contributed by atoms with E-state index in [9.17, 15) is 9.59 Å². The van der Waals surface area contributed by atoms with E-state index in [-0.39, 0.29) is 11.8 Å². The molecule has 0 radical (unpaired) electrons. The van der Waals surface area contributed by atoms with Gasteiger partial charge in [-0.25, -0.2) is 0 Å². The summed E-state index contributed by atoms with van der Waals surface area (Å²) in [5.41, 5.74) is 5.07. The Kier molecular flexibility index (Phi) is 4.55. The molecule has 1 aliphatic heterocycles. The Morgan fingerprint density at radius 1 is 1.11 bits per heavy atom. The summed E-state index contributed by atoms with van der Waals surface area (Å²) in [6.45, 7) is 0. The number of rotatable bonds is 3. The third-order valence-corrected chi connectivity index (χ3v) is 5.56. The van der Waals surface area contributed by atoms with Gasteiger partial charge in [0.25, 0.3) is 11.8 Å². The van der Waals surface area contributed by atoms with Crippen LogP contribution in [-0.2, 0) is 11.8 Å². The van der Waals surface area contributed by atoms with Gasteiger partial charge < -0.3 is 4.57 Å². The zero-order chi connectivity index (χ0) is 19.0. The summed E-state index contributed by atoms with van der Waals surface area (Å²) in [6, 6.07) is 16.7. The molecular weight excluding hydrogens is 378 g/mol. The van der Waals surface area contributed by atoms with Crippen LogP contribution in [0.15, 0.2) is 65.7 Å². The third kappa shape index (κ3) is 3.27. The van der Waals surface area contributed by atoms with Gasteiger partial charge in [-0.1, -0.05) is 48.2 Å². The first-order valence-corrected chi connectivity index (χ1v) is 9.45. The fourth-order valence-corrected chi connectivity index (χ4v) is 4.12. The van der Waals surface area contributed by atoms with Crippen molar-refractivity contribution in [1.82, 2.24) is 15.0 Å². The van der Waals surface area contributed by atoms with Crippen molar-refractivity contribution in [1.29, 1.82) is 0 Å². The lowest BCUT2D eigenvalue weighted by Crippen LogP contribution is -2.44. The molecule has 4 rings (SSSR count). The summed E-state index contributed by atoms with van der Waals surface area (Å²) < 4.78 is 2.31. The summed E-state index contributed by atoms with van der Waals surface area (Å²) in [4.78, 5) is 25.6. The number of hydrogen-bond donors (Lipinski definition) is 1. The Hall–Kier alpha value is -2.90. The Labute approximate surface area is 165 Å². The Morgan fingerprint density at radius 2 is 1.81 bits per heavy atom. The number of hydrogen-bond acceptors (Lipinski definition) is 4. The maximum atomic E-state index is 12.8. The van der Waals surface area contributed by atoms with E-state index in [1.165, 1.54) is 11.8 Å². The summed E-state index contributed by atoms with van der Waals surface area (Å²) in [5, 5.41) is 2.19. The van der Waals surface area contributed by atoms with Gasteiger partial charge in [-0.05, 0) is 36.5 Å². The highest BCUT2D eigenvalue weighted by molar-refractivity contribution is 8.26. The molecule has 27 heavy (non-hydrogen) atoms. The van der Waals surface area contributed by atoms with E-state index < -0.39 is 0 Å². The number of hydrazine groups is 1. The maximum Gasteiger partial charge on any atom is 0.285 e. The highest BCUT2D eigenvalue weighted by Crippen LogP contribution is 2.33. The van der Waals surface area contributed by atoms with E-state index in [4.69, 9.17) is 12.2 Å². The van der Waals surface area contributed by atoms with Crippen molar-refractivity contribution in [3.63, 3.8) is 0 Å². The number of thioether (sulfide) groups is 1. The molecule has 2 heterocycles. The van der Waals surface area contributed by atoms with Crippen molar-refractivity contribution in [2.45, 2.75) is 0 Å². The normalized spacial score (nSPS) is 15.7. The van der Waals surface area contributed by atoms with Crippen LogP contribution >= 0.6 is 24.0 Å². The highest BCUT2D eigenvalue weighted by Gasteiger charge is 2.34. The second kappa shape index (κ2) is 7.02. The molecule has 0 aliphatic carbocycles. The lowest BCUT2D eigenvalue weighted by molar-refractivity contribution is -0.123. The number of amides is 2. The van der Waals surface area contributed by atoms with Crippen LogP contribution in [0.3, 0.4) is 0 Å². The van der Waals surface area contributed by atoms with Crippen LogP contribution in [-0.4, -0.2) is 25.7 Å². The average molecular weight is 393 g/mol. The number of carbonyl (C=O) groups is 2. The van der Waals surface area contributed by atoms with Gasteiger partial charge in [0.15, 0.2) is 4.32 Å². The molecule has 1 fully saturated rings. The van der Waals surface area contributed by atoms with Crippen LogP contribution in [0.4, 0.5) is 0 Å². The summed E-state index contributed by atoms with van der Waals surface area (Å²) >= 11 is 6.46.